The van der Waals surface area contributed by atoms with Gasteiger partial charge in [0.1, 0.15) is 0 Å². The lowest BCUT2D eigenvalue weighted by atomic mass is 9.72. The number of hydrogen-bond acceptors (Lipinski definition) is 3. The normalized spacial score (nSPS) is 16.5. The fourth-order valence-electron chi connectivity index (χ4n) is 7.03. The van der Waals surface area contributed by atoms with E-state index >= 15 is 0 Å². The van der Waals surface area contributed by atoms with Crippen LogP contribution in [0.4, 0.5) is 0 Å². The van der Waals surface area contributed by atoms with Crippen LogP contribution in [-0.4, -0.2) is 18.8 Å². The van der Waals surface area contributed by atoms with Gasteiger partial charge in [-0.25, -0.2) is 0 Å². The van der Waals surface area contributed by atoms with Crippen LogP contribution < -0.4 is 11.1 Å². The molecule has 0 amide bonds. The molecule has 246 valence electrons. The van der Waals surface area contributed by atoms with Gasteiger partial charge in [0.05, 0.1) is 5.71 Å². The molecule has 47 heavy (non-hydrogen) atoms. The van der Waals surface area contributed by atoms with Gasteiger partial charge in [-0.15, -0.1) is 6.42 Å². The number of terminal acetylenes is 1. The van der Waals surface area contributed by atoms with E-state index in [-0.39, 0.29) is 12.0 Å². The van der Waals surface area contributed by atoms with Gasteiger partial charge in [-0.2, -0.15) is 0 Å². The largest absolute Gasteiger partial charge is 0.359 e. The highest BCUT2D eigenvalue weighted by molar-refractivity contribution is 6.15. The maximum absolute atomic E-state index is 6.58. The number of nitrogens with one attached hydrogen (secondary N) is 1. The Balaban J connectivity index is 1.06. The van der Waals surface area contributed by atoms with Crippen molar-refractivity contribution in [3.63, 3.8) is 0 Å². The Bertz CT molecular complexity index is 1540. The van der Waals surface area contributed by atoms with Crippen molar-refractivity contribution in [1.29, 1.82) is 0 Å². The van der Waals surface area contributed by atoms with E-state index in [1.165, 1.54) is 61.6 Å². The van der Waals surface area contributed by atoms with Crippen LogP contribution in [0.25, 0.3) is 5.70 Å². The number of benzene rings is 3. The number of allylic oxidation sites excluding steroid dienone is 1. The zero-order chi connectivity index (χ0) is 33.4. The first kappa shape index (κ1) is 35.7. The molecule has 3 unspecified atom stereocenters. The summed E-state index contributed by atoms with van der Waals surface area (Å²) in [4.78, 5) is 4.61. The summed E-state index contributed by atoms with van der Waals surface area (Å²) in [5.74, 6) is 3.70. The van der Waals surface area contributed by atoms with Crippen LogP contribution in [0.2, 0.25) is 0 Å². The van der Waals surface area contributed by atoms with Gasteiger partial charge in [0, 0.05) is 47.1 Å². The minimum Gasteiger partial charge on any atom is -0.359 e. The minimum atomic E-state index is 0.0718. The summed E-state index contributed by atoms with van der Waals surface area (Å²) in [6.45, 7) is 13.0. The van der Waals surface area contributed by atoms with Gasteiger partial charge in [0.2, 0.25) is 0 Å². The first-order valence-corrected chi connectivity index (χ1v) is 17.7. The van der Waals surface area contributed by atoms with Crippen molar-refractivity contribution in [2.24, 2.45) is 16.6 Å². The molecule has 0 spiro atoms. The van der Waals surface area contributed by atoms with Crippen LogP contribution >= 0.6 is 0 Å². The molecule has 3 aromatic rings. The van der Waals surface area contributed by atoms with E-state index in [2.05, 4.69) is 90.6 Å². The van der Waals surface area contributed by atoms with E-state index in [1.807, 2.05) is 31.3 Å². The van der Waals surface area contributed by atoms with Crippen molar-refractivity contribution in [3.8, 4) is 12.3 Å². The SMILES string of the molecule is C#CC1c2ccccc2CCC1CC(=C)C(N)CCCCCCCCCCC(=C)NC(=C)c1ccccc1C(=NC)c1ccccc1. The average Bonchev–Trinajstić information content (AvgIpc) is 3.09. The molecule has 0 heterocycles. The molecule has 1 aliphatic rings. The van der Waals surface area contributed by atoms with Crippen molar-refractivity contribution in [2.45, 2.75) is 95.4 Å². The van der Waals surface area contributed by atoms with Gasteiger partial charge in [-0.05, 0) is 55.6 Å². The van der Waals surface area contributed by atoms with Crippen molar-refractivity contribution >= 4 is 11.4 Å². The first-order valence-electron chi connectivity index (χ1n) is 17.7. The van der Waals surface area contributed by atoms with E-state index in [0.717, 1.165) is 72.3 Å². The lowest BCUT2D eigenvalue weighted by Crippen LogP contribution is -2.26. The minimum absolute atomic E-state index is 0.0718. The molecule has 0 bridgehead atoms. The summed E-state index contributed by atoms with van der Waals surface area (Å²) in [6, 6.07) is 27.3. The second-order valence-corrected chi connectivity index (χ2v) is 13.2. The van der Waals surface area contributed by atoms with Crippen LogP contribution in [0.3, 0.4) is 0 Å². The van der Waals surface area contributed by atoms with Crippen molar-refractivity contribution in [1.82, 2.24) is 5.32 Å². The van der Waals surface area contributed by atoms with Gasteiger partial charge in [0.15, 0.2) is 0 Å². The zero-order valence-corrected chi connectivity index (χ0v) is 28.7. The Morgan fingerprint density at radius 3 is 2.17 bits per heavy atom. The highest BCUT2D eigenvalue weighted by atomic mass is 14.9. The van der Waals surface area contributed by atoms with Crippen LogP contribution in [-0.2, 0) is 6.42 Å². The van der Waals surface area contributed by atoms with E-state index in [1.54, 1.807) is 0 Å². The van der Waals surface area contributed by atoms with E-state index in [9.17, 15) is 0 Å². The predicted molar refractivity (Wildman–Crippen MR) is 203 cm³/mol. The molecule has 3 nitrogen and oxygen atoms in total. The summed E-state index contributed by atoms with van der Waals surface area (Å²) in [6.07, 6.45) is 21.0. The van der Waals surface area contributed by atoms with Crippen LogP contribution in [0.5, 0.6) is 0 Å². The third kappa shape index (κ3) is 10.4. The molecule has 0 radical (unpaired) electrons. The fraction of sp³-hybridized carbons (Fsp3) is 0.386. The molecular weight excluding hydrogens is 571 g/mol. The molecule has 4 rings (SSSR count). The lowest BCUT2D eigenvalue weighted by Gasteiger charge is -2.32. The number of aliphatic imine (C=N–C) groups is 1. The summed E-state index contributed by atoms with van der Waals surface area (Å²) >= 11 is 0. The molecular formula is C44H55N3. The summed E-state index contributed by atoms with van der Waals surface area (Å²) in [7, 11) is 1.84. The standard InChI is InChI=1S/C44H55N3/c1-6-39-38(31-30-36-23-18-19-27-41(36)39)32-33(2)43(45)29-17-12-10-8-7-9-11-14-22-34(3)47-35(4)40-26-20-21-28-42(40)44(46-5)37-24-15-13-16-25-37/h1,13,15-16,18-21,23-28,38-39,43,47H,2-4,7-12,14,17,22,29-32,45H2,5H3. The van der Waals surface area contributed by atoms with Crippen molar-refractivity contribution in [2.75, 3.05) is 7.05 Å². The number of aryl methyl sites for hydroxylation is 1. The predicted octanol–water partition coefficient (Wildman–Crippen LogP) is 10.4. The van der Waals surface area contributed by atoms with E-state index in [4.69, 9.17) is 12.2 Å². The quantitative estimate of drug-likeness (QED) is 0.0603. The van der Waals surface area contributed by atoms with Gasteiger partial charge < -0.3 is 11.1 Å². The lowest BCUT2D eigenvalue weighted by molar-refractivity contribution is 0.410. The van der Waals surface area contributed by atoms with Gasteiger partial charge >= 0.3 is 0 Å². The first-order chi connectivity index (χ1) is 22.9. The number of hydrogen-bond donors (Lipinski definition) is 2. The number of unbranched alkanes of at least 4 members (excludes halogenated alkanes) is 7. The molecule has 3 N–H and O–H groups in total. The number of fused-ring (bicyclic) bond motifs is 1. The highest BCUT2D eigenvalue weighted by Gasteiger charge is 2.29. The maximum Gasteiger partial charge on any atom is 0.0722 e. The monoisotopic (exact) mass is 625 g/mol. The number of rotatable bonds is 19. The Morgan fingerprint density at radius 2 is 1.47 bits per heavy atom. The molecule has 0 aromatic heterocycles. The average molecular weight is 626 g/mol. The Labute approximate surface area is 285 Å². The molecule has 3 heteroatoms. The Morgan fingerprint density at radius 1 is 0.851 bits per heavy atom. The van der Waals surface area contributed by atoms with Gasteiger partial charge in [-0.3, -0.25) is 4.99 Å². The third-order valence-corrected chi connectivity index (χ3v) is 9.72. The van der Waals surface area contributed by atoms with Crippen LogP contribution in [0.1, 0.15) is 111 Å². The van der Waals surface area contributed by atoms with Crippen LogP contribution in [0.15, 0.2) is 115 Å². The topological polar surface area (TPSA) is 50.4 Å². The number of nitrogens with two attached hydrogens (primary N) is 1. The Hall–Kier alpha value is -4.13. The molecule has 0 aliphatic heterocycles. The highest BCUT2D eigenvalue weighted by Crippen LogP contribution is 2.39. The van der Waals surface area contributed by atoms with E-state index < -0.39 is 0 Å². The second-order valence-electron chi connectivity index (χ2n) is 13.2. The number of nitrogens with zero attached hydrogens (tertiary/aromatic N) is 1. The second kappa shape index (κ2) is 18.9. The van der Waals surface area contributed by atoms with E-state index in [0.29, 0.717) is 5.92 Å². The van der Waals surface area contributed by atoms with Gasteiger partial charge in [0.25, 0.3) is 0 Å². The summed E-state index contributed by atoms with van der Waals surface area (Å²) in [5, 5.41) is 3.47. The zero-order valence-electron chi connectivity index (χ0n) is 28.7. The van der Waals surface area contributed by atoms with Gasteiger partial charge in [-0.1, -0.05) is 155 Å². The van der Waals surface area contributed by atoms with Crippen molar-refractivity contribution in [3.05, 3.63) is 138 Å². The third-order valence-electron chi connectivity index (χ3n) is 9.72. The molecule has 0 saturated heterocycles. The van der Waals surface area contributed by atoms with Crippen LogP contribution in [0, 0.1) is 18.3 Å². The summed E-state index contributed by atoms with van der Waals surface area (Å²) < 4.78 is 0. The van der Waals surface area contributed by atoms with Crippen molar-refractivity contribution < 1.29 is 0 Å². The maximum atomic E-state index is 6.58. The Kier molecular flexibility index (Phi) is 14.3. The summed E-state index contributed by atoms with van der Waals surface area (Å²) in [5.41, 5.74) is 16.5. The molecule has 0 saturated carbocycles. The molecule has 3 atom stereocenters. The molecule has 1 aliphatic carbocycles. The molecule has 3 aromatic carbocycles. The fourth-order valence-corrected chi connectivity index (χ4v) is 7.03. The molecule has 0 fully saturated rings. The smallest absolute Gasteiger partial charge is 0.0722 e.